The Morgan fingerprint density at radius 3 is 2.89 bits per heavy atom. The number of methoxy groups -OCH3 is 1. The van der Waals surface area contributed by atoms with E-state index in [1.165, 1.54) is 0 Å². The highest BCUT2D eigenvalue weighted by Gasteiger charge is 2.23. The van der Waals surface area contributed by atoms with Crippen LogP contribution in [-0.4, -0.2) is 32.5 Å². The molecule has 1 heterocycles. The van der Waals surface area contributed by atoms with Gasteiger partial charge < -0.3 is 10.1 Å². The lowest BCUT2D eigenvalue weighted by Crippen LogP contribution is -2.42. The van der Waals surface area contributed by atoms with Gasteiger partial charge in [-0.3, -0.25) is 0 Å². The van der Waals surface area contributed by atoms with Crippen molar-refractivity contribution in [2.24, 2.45) is 0 Å². The lowest BCUT2D eigenvalue weighted by atomic mass is 10.1. The van der Waals surface area contributed by atoms with Crippen LogP contribution in [0.2, 0.25) is 0 Å². The highest BCUT2D eigenvalue weighted by molar-refractivity contribution is 4.77. The van der Waals surface area contributed by atoms with Gasteiger partial charge >= 0.3 is 0 Å². The lowest BCUT2D eigenvalue weighted by molar-refractivity contribution is 0.0154. The summed E-state index contributed by atoms with van der Waals surface area (Å²) in [6, 6.07) is 0. The molecule has 0 aliphatic carbocycles. The average Bonchev–Trinajstić information content (AvgIpc) is 1.89. The zero-order valence-electron chi connectivity index (χ0n) is 5.56. The maximum absolute atomic E-state index is 12.7. The van der Waals surface area contributed by atoms with Crippen LogP contribution >= 0.6 is 0 Å². The summed E-state index contributed by atoms with van der Waals surface area (Å²) < 4.78 is 17.5. The van der Waals surface area contributed by atoms with Crippen molar-refractivity contribution in [2.45, 2.75) is 18.7 Å². The number of nitrogens with one attached hydrogen (secondary N) is 1. The predicted octanol–water partition coefficient (Wildman–Crippen LogP) is 0.333. The summed E-state index contributed by atoms with van der Waals surface area (Å²) in [6.07, 6.45) is -0.409. The molecule has 1 rings (SSSR count). The Bertz CT molecular complexity index is 89.1. The third kappa shape index (κ3) is 1.63. The van der Waals surface area contributed by atoms with E-state index in [1.807, 2.05) is 0 Å². The fourth-order valence-corrected chi connectivity index (χ4v) is 1.03. The number of piperidine rings is 1. The monoisotopic (exact) mass is 133 g/mol. The van der Waals surface area contributed by atoms with Crippen LogP contribution in [0.15, 0.2) is 0 Å². The van der Waals surface area contributed by atoms with Crippen molar-refractivity contribution in [3.05, 3.63) is 0 Å². The smallest absolute Gasteiger partial charge is 0.129 e. The molecule has 3 heteroatoms. The summed E-state index contributed by atoms with van der Waals surface area (Å²) in [7, 11) is 1.55. The van der Waals surface area contributed by atoms with Gasteiger partial charge in [-0.15, -0.1) is 0 Å². The maximum atomic E-state index is 12.7. The normalized spacial score (nSPS) is 36.7. The summed E-state index contributed by atoms with van der Waals surface area (Å²) >= 11 is 0. The number of rotatable bonds is 1. The van der Waals surface area contributed by atoms with Crippen LogP contribution < -0.4 is 5.32 Å². The zero-order chi connectivity index (χ0) is 6.69. The highest BCUT2D eigenvalue weighted by Crippen LogP contribution is 2.09. The van der Waals surface area contributed by atoms with E-state index in [0.29, 0.717) is 13.0 Å². The number of hydrogen-bond donors (Lipinski definition) is 1. The molecule has 1 aliphatic heterocycles. The molecule has 2 atom stereocenters. The highest BCUT2D eigenvalue weighted by atomic mass is 19.1. The van der Waals surface area contributed by atoms with E-state index in [1.54, 1.807) is 7.11 Å². The van der Waals surface area contributed by atoms with Crippen LogP contribution in [0.1, 0.15) is 6.42 Å². The molecule has 0 unspecified atom stereocenters. The SMILES string of the molecule is CO[C@@H]1CNCC[C@@H]1F. The van der Waals surface area contributed by atoms with Gasteiger partial charge in [0.05, 0.1) is 0 Å². The average molecular weight is 133 g/mol. The van der Waals surface area contributed by atoms with Gasteiger partial charge in [0.15, 0.2) is 0 Å². The fourth-order valence-electron chi connectivity index (χ4n) is 1.03. The maximum Gasteiger partial charge on any atom is 0.129 e. The van der Waals surface area contributed by atoms with Gasteiger partial charge in [0.2, 0.25) is 0 Å². The molecule has 0 aromatic heterocycles. The summed E-state index contributed by atoms with van der Waals surface area (Å²) in [5.41, 5.74) is 0. The van der Waals surface area contributed by atoms with Crippen molar-refractivity contribution < 1.29 is 9.13 Å². The van der Waals surface area contributed by atoms with E-state index >= 15 is 0 Å². The largest absolute Gasteiger partial charge is 0.377 e. The molecule has 0 bridgehead atoms. The van der Waals surface area contributed by atoms with Crippen LogP contribution in [0.5, 0.6) is 0 Å². The Morgan fingerprint density at radius 2 is 2.44 bits per heavy atom. The van der Waals surface area contributed by atoms with Crippen molar-refractivity contribution in [1.82, 2.24) is 5.32 Å². The van der Waals surface area contributed by atoms with Gasteiger partial charge in [-0.05, 0) is 13.0 Å². The minimum atomic E-state index is -0.767. The third-order valence-electron chi connectivity index (χ3n) is 1.65. The molecule has 54 valence electrons. The van der Waals surface area contributed by atoms with E-state index in [9.17, 15) is 4.39 Å². The molecule has 1 saturated heterocycles. The summed E-state index contributed by atoms with van der Waals surface area (Å²) in [5, 5.41) is 3.05. The van der Waals surface area contributed by atoms with Crippen molar-refractivity contribution in [1.29, 1.82) is 0 Å². The molecule has 1 aliphatic rings. The fraction of sp³-hybridized carbons (Fsp3) is 1.00. The van der Waals surface area contributed by atoms with Gasteiger partial charge in [-0.2, -0.15) is 0 Å². The number of halogens is 1. The van der Waals surface area contributed by atoms with Crippen molar-refractivity contribution in [2.75, 3.05) is 20.2 Å². The Balaban J connectivity index is 2.30. The molecule has 1 fully saturated rings. The Labute approximate surface area is 54.4 Å². The summed E-state index contributed by atoms with van der Waals surface area (Å²) in [5.74, 6) is 0. The number of hydrogen-bond acceptors (Lipinski definition) is 2. The molecule has 2 nitrogen and oxygen atoms in total. The molecule has 9 heavy (non-hydrogen) atoms. The second-order valence-corrected chi connectivity index (χ2v) is 2.28. The molecule has 0 saturated carbocycles. The second kappa shape index (κ2) is 3.13. The molecule has 0 spiro atoms. The van der Waals surface area contributed by atoms with E-state index in [4.69, 9.17) is 4.74 Å². The van der Waals surface area contributed by atoms with Crippen LogP contribution in [0, 0.1) is 0 Å². The predicted molar refractivity (Wildman–Crippen MR) is 33.2 cm³/mol. The first kappa shape index (κ1) is 6.96. The van der Waals surface area contributed by atoms with Crippen LogP contribution in [0.4, 0.5) is 4.39 Å². The van der Waals surface area contributed by atoms with E-state index in [0.717, 1.165) is 6.54 Å². The minimum Gasteiger partial charge on any atom is -0.377 e. The van der Waals surface area contributed by atoms with Gasteiger partial charge in [0.1, 0.15) is 12.3 Å². The topological polar surface area (TPSA) is 21.3 Å². The zero-order valence-corrected chi connectivity index (χ0v) is 5.56. The van der Waals surface area contributed by atoms with Crippen LogP contribution in [-0.2, 0) is 4.74 Å². The first-order valence-electron chi connectivity index (χ1n) is 3.22. The van der Waals surface area contributed by atoms with E-state index in [-0.39, 0.29) is 6.10 Å². The minimum absolute atomic E-state index is 0.223. The molecular weight excluding hydrogens is 121 g/mol. The second-order valence-electron chi connectivity index (χ2n) is 2.28. The van der Waals surface area contributed by atoms with Crippen molar-refractivity contribution >= 4 is 0 Å². The van der Waals surface area contributed by atoms with Gasteiger partial charge in [-0.25, -0.2) is 4.39 Å². The molecular formula is C6H12FNO. The standard InChI is InChI=1S/C6H12FNO/c1-9-6-4-8-3-2-5(6)7/h5-6,8H,2-4H2,1H3/t5-,6+/m0/s1. The summed E-state index contributed by atoms with van der Waals surface area (Å²) in [4.78, 5) is 0. The van der Waals surface area contributed by atoms with Gasteiger partial charge in [0.25, 0.3) is 0 Å². The van der Waals surface area contributed by atoms with Crippen LogP contribution in [0.25, 0.3) is 0 Å². The van der Waals surface area contributed by atoms with Crippen molar-refractivity contribution in [3.63, 3.8) is 0 Å². The molecule has 1 N–H and O–H groups in total. The summed E-state index contributed by atoms with van der Waals surface area (Å²) in [6.45, 7) is 1.43. The van der Waals surface area contributed by atoms with Gasteiger partial charge in [0, 0.05) is 13.7 Å². The van der Waals surface area contributed by atoms with Crippen molar-refractivity contribution in [3.8, 4) is 0 Å². The first-order chi connectivity index (χ1) is 4.34. The first-order valence-corrected chi connectivity index (χ1v) is 3.22. The van der Waals surface area contributed by atoms with E-state index < -0.39 is 6.17 Å². The quantitative estimate of drug-likeness (QED) is 0.556. The molecule has 0 aromatic rings. The third-order valence-corrected chi connectivity index (χ3v) is 1.65. The Morgan fingerprint density at radius 1 is 1.67 bits per heavy atom. The number of alkyl halides is 1. The molecule has 0 radical (unpaired) electrons. The van der Waals surface area contributed by atoms with Crippen LogP contribution in [0.3, 0.4) is 0 Å². The van der Waals surface area contributed by atoms with Gasteiger partial charge in [-0.1, -0.05) is 0 Å². The Kier molecular flexibility index (Phi) is 2.42. The lowest BCUT2D eigenvalue weighted by Gasteiger charge is -2.24. The number of ether oxygens (including phenoxy) is 1. The Hall–Kier alpha value is -0.150. The van der Waals surface area contributed by atoms with E-state index in [2.05, 4.69) is 5.32 Å². The molecule has 0 aromatic carbocycles. The molecule has 0 amide bonds.